The van der Waals surface area contributed by atoms with Crippen LogP contribution in [0.3, 0.4) is 0 Å². The minimum atomic E-state index is 0. The Hall–Kier alpha value is -0.280. The first-order chi connectivity index (χ1) is 8.26. The van der Waals surface area contributed by atoms with Crippen LogP contribution in [-0.4, -0.2) is 37.0 Å². The van der Waals surface area contributed by atoms with E-state index < -0.39 is 0 Å². The minimum absolute atomic E-state index is 0. The Labute approximate surface area is 116 Å². The number of halogens is 1. The van der Waals surface area contributed by atoms with Crippen molar-refractivity contribution in [2.75, 3.05) is 20.1 Å². The fourth-order valence-corrected chi connectivity index (χ4v) is 4.47. The van der Waals surface area contributed by atoms with Crippen LogP contribution in [-0.2, 0) is 4.79 Å². The highest BCUT2D eigenvalue weighted by Gasteiger charge is 2.43. The van der Waals surface area contributed by atoms with Gasteiger partial charge in [0.25, 0.3) is 0 Å². The van der Waals surface area contributed by atoms with Crippen LogP contribution in [0.2, 0.25) is 0 Å². The zero-order chi connectivity index (χ0) is 11.8. The molecular weight excluding hydrogens is 248 g/mol. The van der Waals surface area contributed by atoms with Gasteiger partial charge in [0.2, 0.25) is 5.91 Å². The zero-order valence-corrected chi connectivity index (χ0v) is 12.0. The summed E-state index contributed by atoms with van der Waals surface area (Å²) in [5, 5.41) is 3.08. The van der Waals surface area contributed by atoms with Gasteiger partial charge in [-0.2, -0.15) is 0 Å². The molecular formula is C14H25ClN2O. The zero-order valence-electron chi connectivity index (χ0n) is 11.2. The Morgan fingerprint density at radius 1 is 1.11 bits per heavy atom. The lowest BCUT2D eigenvalue weighted by molar-refractivity contribution is -0.134. The molecule has 3 nitrogen and oxygen atoms in total. The highest BCUT2D eigenvalue weighted by Crippen LogP contribution is 2.47. The highest BCUT2D eigenvalue weighted by atomic mass is 35.5. The number of amides is 1. The Morgan fingerprint density at radius 2 is 1.72 bits per heavy atom. The van der Waals surface area contributed by atoms with E-state index in [0.29, 0.717) is 18.4 Å². The molecule has 2 aliphatic carbocycles. The Bertz CT molecular complexity index is 296. The molecule has 4 rings (SSSR count). The average molecular weight is 273 g/mol. The van der Waals surface area contributed by atoms with E-state index >= 15 is 0 Å². The maximum atomic E-state index is 12.3. The van der Waals surface area contributed by atoms with Crippen LogP contribution in [0, 0.1) is 17.8 Å². The van der Waals surface area contributed by atoms with Gasteiger partial charge in [-0.3, -0.25) is 4.79 Å². The summed E-state index contributed by atoms with van der Waals surface area (Å²) in [6.45, 7) is 1.87. The van der Waals surface area contributed by atoms with Crippen LogP contribution < -0.4 is 5.32 Å². The number of hydrogen-bond acceptors (Lipinski definition) is 2. The Kier molecular flexibility index (Phi) is 4.54. The molecule has 18 heavy (non-hydrogen) atoms. The molecule has 2 heterocycles. The second-order valence-electron chi connectivity index (χ2n) is 6.33. The monoisotopic (exact) mass is 272 g/mol. The summed E-state index contributed by atoms with van der Waals surface area (Å²) in [5.74, 6) is 3.06. The second-order valence-corrected chi connectivity index (χ2v) is 6.33. The number of nitrogens with zero attached hydrogens (tertiary/aromatic N) is 1. The van der Waals surface area contributed by atoms with Crippen molar-refractivity contribution >= 4 is 18.3 Å². The fraction of sp³-hybridized carbons (Fsp3) is 0.929. The van der Waals surface area contributed by atoms with Gasteiger partial charge in [-0.1, -0.05) is 0 Å². The molecule has 1 N–H and O–H groups in total. The van der Waals surface area contributed by atoms with Crippen LogP contribution in [0.25, 0.3) is 0 Å². The fourth-order valence-electron chi connectivity index (χ4n) is 4.47. The van der Waals surface area contributed by atoms with Gasteiger partial charge in [0, 0.05) is 25.6 Å². The van der Waals surface area contributed by atoms with E-state index in [2.05, 4.69) is 10.2 Å². The first-order valence-electron chi connectivity index (χ1n) is 7.20. The van der Waals surface area contributed by atoms with Gasteiger partial charge in [-0.25, -0.2) is 0 Å². The molecule has 4 fully saturated rings. The lowest BCUT2D eigenvalue weighted by Crippen LogP contribution is -2.42. The van der Waals surface area contributed by atoms with E-state index in [1.54, 1.807) is 0 Å². The number of hydrogen-bond donors (Lipinski definition) is 1. The lowest BCUT2D eigenvalue weighted by atomic mass is 9.68. The van der Waals surface area contributed by atoms with Crippen molar-refractivity contribution in [1.29, 1.82) is 0 Å². The molecule has 4 bridgehead atoms. The number of rotatable bonds is 3. The molecule has 0 spiro atoms. The molecule has 2 saturated carbocycles. The summed E-state index contributed by atoms with van der Waals surface area (Å²) in [6.07, 6.45) is 7.49. The number of nitrogens with one attached hydrogen (secondary N) is 1. The highest BCUT2D eigenvalue weighted by molar-refractivity contribution is 5.85. The number of carbonyl (C=O) groups excluding carboxylic acids is 1. The summed E-state index contributed by atoms with van der Waals surface area (Å²) in [5.41, 5.74) is 0. The van der Waals surface area contributed by atoms with Crippen LogP contribution in [0.1, 0.15) is 38.5 Å². The first kappa shape index (κ1) is 14.1. The number of carbonyl (C=O) groups is 1. The predicted molar refractivity (Wildman–Crippen MR) is 74.8 cm³/mol. The van der Waals surface area contributed by atoms with Gasteiger partial charge in [0.1, 0.15) is 0 Å². The van der Waals surface area contributed by atoms with E-state index in [0.717, 1.165) is 30.8 Å². The van der Waals surface area contributed by atoms with Crippen molar-refractivity contribution in [3.63, 3.8) is 0 Å². The van der Waals surface area contributed by atoms with Gasteiger partial charge < -0.3 is 10.2 Å². The minimum Gasteiger partial charge on any atom is -0.339 e. The summed E-state index contributed by atoms with van der Waals surface area (Å²) in [6, 6.07) is 0.579. The van der Waals surface area contributed by atoms with Crippen molar-refractivity contribution in [2.24, 2.45) is 17.8 Å². The quantitative estimate of drug-likeness (QED) is 0.853. The van der Waals surface area contributed by atoms with Crippen molar-refractivity contribution in [1.82, 2.24) is 10.2 Å². The average Bonchev–Trinajstić information content (AvgIpc) is 2.50. The molecule has 2 atom stereocenters. The van der Waals surface area contributed by atoms with E-state index in [1.807, 2.05) is 7.05 Å². The Morgan fingerprint density at radius 3 is 2.33 bits per heavy atom. The van der Waals surface area contributed by atoms with Crippen molar-refractivity contribution in [3.8, 4) is 0 Å². The smallest absolute Gasteiger partial charge is 0.224 e. The third kappa shape index (κ3) is 2.67. The van der Waals surface area contributed by atoms with Gasteiger partial charge in [-0.15, -0.1) is 12.4 Å². The molecule has 4 aliphatic rings. The topological polar surface area (TPSA) is 32.3 Å². The summed E-state index contributed by atoms with van der Waals surface area (Å²) in [4.78, 5) is 14.5. The molecule has 0 aromatic carbocycles. The molecule has 0 radical (unpaired) electrons. The SMILES string of the molecule is CNCCC(=O)N1CC2CC3CC(C2)CC1C3.Cl. The van der Waals surface area contributed by atoms with Crippen molar-refractivity contribution < 1.29 is 4.79 Å². The summed E-state index contributed by atoms with van der Waals surface area (Å²) >= 11 is 0. The third-order valence-corrected chi connectivity index (χ3v) is 5.02. The van der Waals surface area contributed by atoms with E-state index in [-0.39, 0.29) is 12.4 Å². The maximum Gasteiger partial charge on any atom is 0.224 e. The molecule has 4 heteroatoms. The molecule has 1 amide bonds. The standard InChI is InChI=1S/C14H24N2O.ClH/c1-15-3-2-14(17)16-9-12-5-10-4-11(6-12)8-13(16)7-10;/h10-13,15H,2-9H2,1H3;1H. The van der Waals surface area contributed by atoms with Crippen molar-refractivity contribution in [3.05, 3.63) is 0 Å². The van der Waals surface area contributed by atoms with Crippen LogP contribution in [0.4, 0.5) is 0 Å². The van der Waals surface area contributed by atoms with Crippen LogP contribution >= 0.6 is 12.4 Å². The molecule has 0 aromatic rings. The molecule has 104 valence electrons. The van der Waals surface area contributed by atoms with Gasteiger partial charge >= 0.3 is 0 Å². The van der Waals surface area contributed by atoms with E-state index in [4.69, 9.17) is 0 Å². The maximum absolute atomic E-state index is 12.3. The van der Waals surface area contributed by atoms with Crippen molar-refractivity contribution in [2.45, 2.75) is 44.6 Å². The molecule has 2 aliphatic heterocycles. The lowest BCUT2D eigenvalue weighted by Gasteiger charge is -2.39. The predicted octanol–water partition coefficient (Wildman–Crippen LogP) is 2.05. The summed E-state index contributed by atoms with van der Waals surface area (Å²) in [7, 11) is 1.92. The second kappa shape index (κ2) is 5.79. The van der Waals surface area contributed by atoms with Gasteiger partial charge in [-0.05, 0) is 56.9 Å². The molecule has 2 unspecified atom stereocenters. The van der Waals surface area contributed by atoms with E-state index in [9.17, 15) is 4.79 Å². The number of fused-ring (bicyclic) bond motifs is 1. The molecule has 0 aromatic heterocycles. The van der Waals surface area contributed by atoms with Gasteiger partial charge in [0.15, 0.2) is 0 Å². The van der Waals surface area contributed by atoms with Gasteiger partial charge in [0.05, 0.1) is 0 Å². The van der Waals surface area contributed by atoms with Crippen LogP contribution in [0.5, 0.6) is 0 Å². The third-order valence-electron chi connectivity index (χ3n) is 5.02. The van der Waals surface area contributed by atoms with E-state index in [1.165, 1.54) is 32.1 Å². The largest absolute Gasteiger partial charge is 0.339 e. The normalized spacial score (nSPS) is 37.3. The van der Waals surface area contributed by atoms with Crippen LogP contribution in [0.15, 0.2) is 0 Å². The first-order valence-corrected chi connectivity index (χ1v) is 7.20. The Balaban J connectivity index is 0.00000120. The summed E-state index contributed by atoms with van der Waals surface area (Å²) < 4.78 is 0. The molecule has 2 saturated heterocycles.